The number of carbonyl (C=O) groups is 2. The predicted octanol–water partition coefficient (Wildman–Crippen LogP) is -0.713. The number of hydrogen-bond acceptors (Lipinski definition) is 3. The Hall–Kier alpha value is -1.10. The molecule has 0 saturated carbocycles. The maximum atomic E-state index is 11.8. The van der Waals surface area contributed by atoms with Gasteiger partial charge in [0.05, 0.1) is 6.54 Å². The highest BCUT2D eigenvalue weighted by molar-refractivity contribution is 5.83. The molecule has 2 amide bonds. The van der Waals surface area contributed by atoms with Crippen LogP contribution < -0.4 is 5.32 Å². The van der Waals surface area contributed by atoms with Crippen molar-refractivity contribution in [3.05, 3.63) is 0 Å². The fourth-order valence-electron chi connectivity index (χ4n) is 1.62. The maximum absolute atomic E-state index is 11.8. The molecular weight excluding hydrogens is 194 g/mol. The second-order valence-electron chi connectivity index (χ2n) is 3.66. The first-order chi connectivity index (χ1) is 7.15. The average molecular weight is 213 g/mol. The summed E-state index contributed by atoms with van der Waals surface area (Å²) in [7, 11) is 0. The predicted molar refractivity (Wildman–Crippen MR) is 57.4 cm³/mol. The molecule has 86 valence electrons. The van der Waals surface area contributed by atoms with Gasteiger partial charge in [-0.05, 0) is 6.92 Å². The lowest BCUT2D eigenvalue weighted by Crippen LogP contribution is -2.50. The lowest BCUT2D eigenvalue weighted by Gasteiger charge is -2.29. The Balaban J connectivity index is 2.42. The minimum Gasteiger partial charge on any atom is -0.339 e. The van der Waals surface area contributed by atoms with Crippen molar-refractivity contribution in [2.75, 3.05) is 39.3 Å². The maximum Gasteiger partial charge on any atom is 0.242 e. The number of nitrogens with one attached hydrogen (secondary N) is 1. The summed E-state index contributed by atoms with van der Waals surface area (Å²) in [5.74, 6) is 0.00883. The number of piperazine rings is 1. The fourth-order valence-corrected chi connectivity index (χ4v) is 1.62. The molecule has 0 spiro atoms. The number of amides is 2. The van der Waals surface area contributed by atoms with E-state index in [4.69, 9.17) is 0 Å². The first kappa shape index (κ1) is 12.0. The van der Waals surface area contributed by atoms with Gasteiger partial charge in [0.15, 0.2) is 0 Å². The molecular formula is C10H19N3O2. The van der Waals surface area contributed by atoms with E-state index in [9.17, 15) is 9.59 Å². The normalized spacial score (nSPS) is 16.3. The molecule has 1 N–H and O–H groups in total. The number of carbonyl (C=O) groups excluding carboxylic acids is 2. The van der Waals surface area contributed by atoms with Crippen molar-refractivity contribution >= 4 is 11.8 Å². The number of likely N-dealkylation sites (N-methyl/N-ethyl adjacent to an activating group) is 1. The first-order valence-corrected chi connectivity index (χ1v) is 5.39. The summed E-state index contributed by atoms with van der Waals surface area (Å²) in [6, 6.07) is 0. The largest absolute Gasteiger partial charge is 0.339 e. The van der Waals surface area contributed by atoms with Crippen molar-refractivity contribution in [2.24, 2.45) is 0 Å². The Morgan fingerprint density at radius 2 is 1.93 bits per heavy atom. The monoisotopic (exact) mass is 213 g/mol. The van der Waals surface area contributed by atoms with E-state index < -0.39 is 0 Å². The Morgan fingerprint density at radius 3 is 2.40 bits per heavy atom. The van der Waals surface area contributed by atoms with Crippen LogP contribution in [0.3, 0.4) is 0 Å². The number of nitrogens with zero attached hydrogens (tertiary/aromatic N) is 2. The minimum absolute atomic E-state index is 0.0408. The summed E-state index contributed by atoms with van der Waals surface area (Å²) in [5.41, 5.74) is 0. The third kappa shape index (κ3) is 3.51. The van der Waals surface area contributed by atoms with Crippen molar-refractivity contribution in [3.63, 3.8) is 0 Å². The zero-order valence-electron chi connectivity index (χ0n) is 9.45. The molecule has 5 heteroatoms. The van der Waals surface area contributed by atoms with Gasteiger partial charge in [-0.25, -0.2) is 0 Å². The van der Waals surface area contributed by atoms with Gasteiger partial charge in [0.25, 0.3) is 0 Å². The van der Waals surface area contributed by atoms with Crippen LogP contribution >= 0.6 is 0 Å². The zero-order valence-corrected chi connectivity index (χ0v) is 9.45. The summed E-state index contributed by atoms with van der Waals surface area (Å²) in [4.78, 5) is 26.3. The highest BCUT2D eigenvalue weighted by atomic mass is 16.2. The van der Waals surface area contributed by atoms with E-state index >= 15 is 0 Å². The Labute approximate surface area is 90.4 Å². The molecule has 1 aliphatic heterocycles. The van der Waals surface area contributed by atoms with Crippen LogP contribution in [0, 0.1) is 0 Å². The smallest absolute Gasteiger partial charge is 0.242 e. The Bertz CT molecular complexity index is 237. The van der Waals surface area contributed by atoms with Crippen molar-refractivity contribution in [3.8, 4) is 0 Å². The Kier molecular flexibility index (Phi) is 4.55. The van der Waals surface area contributed by atoms with Gasteiger partial charge < -0.3 is 15.1 Å². The van der Waals surface area contributed by atoms with Crippen LogP contribution in [-0.4, -0.2) is 60.9 Å². The summed E-state index contributed by atoms with van der Waals surface area (Å²) in [6.07, 6.45) is 0. The second kappa shape index (κ2) is 5.70. The summed E-state index contributed by atoms with van der Waals surface area (Å²) >= 11 is 0. The SMILES string of the molecule is CCN(CC(=O)N1CCNCC1)C(C)=O. The van der Waals surface area contributed by atoms with Crippen LogP contribution in [0.1, 0.15) is 13.8 Å². The van der Waals surface area contributed by atoms with Crippen molar-refractivity contribution in [1.29, 1.82) is 0 Å². The van der Waals surface area contributed by atoms with Gasteiger partial charge in [0.2, 0.25) is 11.8 Å². The van der Waals surface area contributed by atoms with Crippen LogP contribution in [0.15, 0.2) is 0 Å². The molecule has 0 bridgehead atoms. The van der Waals surface area contributed by atoms with Gasteiger partial charge in [0, 0.05) is 39.6 Å². The first-order valence-electron chi connectivity index (χ1n) is 5.39. The molecule has 15 heavy (non-hydrogen) atoms. The molecule has 0 atom stereocenters. The Morgan fingerprint density at radius 1 is 1.33 bits per heavy atom. The van der Waals surface area contributed by atoms with Crippen LogP contribution in [0.5, 0.6) is 0 Å². The minimum atomic E-state index is -0.0408. The lowest BCUT2D eigenvalue weighted by molar-refractivity contribution is -0.139. The van der Waals surface area contributed by atoms with E-state index in [1.165, 1.54) is 6.92 Å². The van der Waals surface area contributed by atoms with E-state index in [1.807, 2.05) is 11.8 Å². The van der Waals surface area contributed by atoms with E-state index in [1.54, 1.807) is 4.90 Å². The molecule has 0 unspecified atom stereocenters. The number of hydrogen-bond donors (Lipinski definition) is 1. The van der Waals surface area contributed by atoms with Crippen LogP contribution in [-0.2, 0) is 9.59 Å². The molecule has 5 nitrogen and oxygen atoms in total. The molecule has 1 aliphatic rings. The molecule has 1 heterocycles. The molecule has 0 aromatic rings. The molecule has 1 rings (SSSR count). The van der Waals surface area contributed by atoms with Gasteiger partial charge in [-0.1, -0.05) is 0 Å². The van der Waals surface area contributed by atoms with Gasteiger partial charge in [0.1, 0.15) is 0 Å². The third-order valence-electron chi connectivity index (χ3n) is 2.62. The summed E-state index contributed by atoms with van der Waals surface area (Å²) in [5, 5.41) is 3.19. The van der Waals surface area contributed by atoms with Gasteiger partial charge >= 0.3 is 0 Å². The van der Waals surface area contributed by atoms with Crippen molar-refractivity contribution in [1.82, 2.24) is 15.1 Å². The van der Waals surface area contributed by atoms with Crippen LogP contribution in [0.4, 0.5) is 0 Å². The van der Waals surface area contributed by atoms with E-state index in [0.717, 1.165) is 26.2 Å². The topological polar surface area (TPSA) is 52.7 Å². The van der Waals surface area contributed by atoms with Gasteiger partial charge in [-0.2, -0.15) is 0 Å². The average Bonchev–Trinajstić information content (AvgIpc) is 2.26. The van der Waals surface area contributed by atoms with E-state index in [-0.39, 0.29) is 18.4 Å². The van der Waals surface area contributed by atoms with E-state index in [2.05, 4.69) is 5.32 Å². The summed E-state index contributed by atoms with van der Waals surface area (Å²) in [6.45, 7) is 7.36. The highest BCUT2D eigenvalue weighted by Gasteiger charge is 2.19. The quantitative estimate of drug-likeness (QED) is 0.673. The molecule has 0 aromatic carbocycles. The van der Waals surface area contributed by atoms with Crippen molar-refractivity contribution in [2.45, 2.75) is 13.8 Å². The molecule has 0 radical (unpaired) electrons. The number of rotatable bonds is 3. The standard InChI is InChI=1S/C10H19N3O2/c1-3-12(9(2)14)8-10(15)13-6-4-11-5-7-13/h11H,3-8H2,1-2H3. The zero-order chi connectivity index (χ0) is 11.3. The molecule has 0 aromatic heterocycles. The fraction of sp³-hybridized carbons (Fsp3) is 0.800. The van der Waals surface area contributed by atoms with Crippen LogP contribution in [0.25, 0.3) is 0 Å². The second-order valence-corrected chi connectivity index (χ2v) is 3.66. The van der Waals surface area contributed by atoms with Crippen LogP contribution in [0.2, 0.25) is 0 Å². The molecule has 1 fully saturated rings. The van der Waals surface area contributed by atoms with Crippen molar-refractivity contribution < 1.29 is 9.59 Å². The molecule has 0 aliphatic carbocycles. The third-order valence-corrected chi connectivity index (χ3v) is 2.62. The molecule has 1 saturated heterocycles. The van der Waals surface area contributed by atoms with Gasteiger partial charge in [-0.3, -0.25) is 9.59 Å². The van der Waals surface area contributed by atoms with E-state index in [0.29, 0.717) is 6.54 Å². The summed E-state index contributed by atoms with van der Waals surface area (Å²) < 4.78 is 0. The van der Waals surface area contributed by atoms with Gasteiger partial charge in [-0.15, -0.1) is 0 Å². The highest BCUT2D eigenvalue weighted by Crippen LogP contribution is 1.97. The lowest BCUT2D eigenvalue weighted by atomic mass is 10.3.